The molecule has 0 radical (unpaired) electrons. The summed E-state index contributed by atoms with van der Waals surface area (Å²) in [5.74, 6) is -0.0635. The number of pyridine rings is 2. The highest BCUT2D eigenvalue weighted by Gasteiger charge is 2.27. The largest absolute Gasteiger partial charge is 0.375 e. The number of hydrogen-bond donors (Lipinski definition) is 2. The summed E-state index contributed by atoms with van der Waals surface area (Å²) >= 11 is 0. The second-order valence-electron chi connectivity index (χ2n) is 6.81. The zero-order chi connectivity index (χ0) is 19.1. The van der Waals surface area contributed by atoms with Gasteiger partial charge in [0.2, 0.25) is 11.5 Å². The molecule has 8 heteroatoms. The number of hydrogen-bond acceptors (Lipinski definition) is 5. The lowest BCUT2D eigenvalue weighted by Crippen LogP contribution is -2.46. The second-order valence-corrected chi connectivity index (χ2v) is 6.81. The van der Waals surface area contributed by atoms with Crippen LogP contribution in [0, 0.1) is 6.92 Å². The minimum absolute atomic E-state index is 0.0161. The van der Waals surface area contributed by atoms with Crippen molar-refractivity contribution in [3.63, 3.8) is 0 Å². The molecule has 3 aromatic heterocycles. The SMILES string of the molecule is CNC(=O)c1cc2c(=O)n3cccc(C)c3nc2[n+](C[C@H]2CCCO2)c1N. The molecule has 4 heterocycles. The molecule has 3 aromatic rings. The maximum atomic E-state index is 13.1. The molecule has 0 bridgehead atoms. The average molecular weight is 368 g/mol. The Kier molecular flexibility index (Phi) is 4.27. The van der Waals surface area contributed by atoms with E-state index < -0.39 is 0 Å². The molecule has 1 fully saturated rings. The van der Waals surface area contributed by atoms with E-state index in [2.05, 4.69) is 5.32 Å². The Morgan fingerprint density at radius 3 is 3.04 bits per heavy atom. The van der Waals surface area contributed by atoms with E-state index in [0.717, 1.165) is 18.4 Å². The van der Waals surface area contributed by atoms with Gasteiger partial charge in [-0.1, -0.05) is 11.1 Å². The van der Waals surface area contributed by atoms with Gasteiger partial charge in [-0.05, 0) is 31.9 Å². The van der Waals surface area contributed by atoms with Gasteiger partial charge >= 0.3 is 0 Å². The van der Waals surface area contributed by atoms with E-state index in [4.69, 9.17) is 15.5 Å². The molecule has 0 aromatic carbocycles. The van der Waals surface area contributed by atoms with Crippen LogP contribution in [0.3, 0.4) is 0 Å². The van der Waals surface area contributed by atoms with Crippen molar-refractivity contribution in [3.8, 4) is 0 Å². The van der Waals surface area contributed by atoms with Gasteiger partial charge in [-0.2, -0.15) is 0 Å². The lowest BCUT2D eigenvalue weighted by Gasteiger charge is -2.14. The van der Waals surface area contributed by atoms with Gasteiger partial charge in [0.15, 0.2) is 0 Å². The van der Waals surface area contributed by atoms with Gasteiger partial charge in [-0.15, -0.1) is 0 Å². The van der Waals surface area contributed by atoms with Crippen molar-refractivity contribution in [1.82, 2.24) is 14.7 Å². The normalized spacial score (nSPS) is 16.9. The predicted octanol–water partition coefficient (Wildman–Crippen LogP) is 0.564. The number of nitrogens with two attached hydrogens (primary N) is 1. The molecule has 0 aliphatic carbocycles. The Bertz CT molecular complexity index is 1120. The van der Waals surface area contributed by atoms with Crippen molar-refractivity contribution in [2.45, 2.75) is 32.4 Å². The Hall–Kier alpha value is -3.00. The van der Waals surface area contributed by atoms with E-state index >= 15 is 0 Å². The van der Waals surface area contributed by atoms with Gasteiger partial charge in [0.1, 0.15) is 10.9 Å². The van der Waals surface area contributed by atoms with Gasteiger partial charge in [-0.3, -0.25) is 14.0 Å². The highest BCUT2D eigenvalue weighted by atomic mass is 16.5. The summed E-state index contributed by atoms with van der Waals surface area (Å²) in [5, 5.41) is 2.93. The van der Waals surface area contributed by atoms with Crippen LogP contribution in [0.5, 0.6) is 0 Å². The molecule has 3 N–H and O–H groups in total. The summed E-state index contributed by atoms with van der Waals surface area (Å²) in [6.45, 7) is 3.05. The monoisotopic (exact) mass is 368 g/mol. The molecule has 1 atom stereocenters. The average Bonchev–Trinajstić information content (AvgIpc) is 3.18. The summed E-state index contributed by atoms with van der Waals surface area (Å²) in [4.78, 5) is 30.2. The van der Waals surface area contributed by atoms with Crippen LogP contribution in [0.1, 0.15) is 28.8 Å². The number of amides is 1. The molecule has 0 unspecified atom stereocenters. The molecule has 8 nitrogen and oxygen atoms in total. The number of carbonyl (C=O) groups is 1. The van der Waals surface area contributed by atoms with Crippen LogP contribution in [0.4, 0.5) is 5.82 Å². The first-order valence-corrected chi connectivity index (χ1v) is 8.99. The lowest BCUT2D eigenvalue weighted by molar-refractivity contribution is -0.666. The highest BCUT2D eigenvalue weighted by molar-refractivity contribution is 6.00. The summed E-state index contributed by atoms with van der Waals surface area (Å²) in [6, 6.07) is 5.23. The van der Waals surface area contributed by atoms with Gasteiger partial charge in [0, 0.05) is 25.4 Å². The fourth-order valence-corrected chi connectivity index (χ4v) is 3.60. The van der Waals surface area contributed by atoms with Crippen molar-refractivity contribution < 1.29 is 14.1 Å². The number of fused-ring (bicyclic) bond motifs is 2. The third kappa shape index (κ3) is 2.82. The lowest BCUT2D eigenvalue weighted by atomic mass is 10.1. The first-order valence-electron chi connectivity index (χ1n) is 8.99. The Balaban J connectivity index is 2.07. The van der Waals surface area contributed by atoms with Crippen LogP contribution < -0.4 is 21.2 Å². The fraction of sp³-hybridized carbons (Fsp3) is 0.368. The molecule has 1 saturated heterocycles. The number of carbonyl (C=O) groups excluding carboxylic acids is 1. The quantitative estimate of drug-likeness (QED) is 0.520. The Morgan fingerprint density at radius 2 is 2.33 bits per heavy atom. The topological polar surface area (TPSA) is 103 Å². The summed E-state index contributed by atoms with van der Waals surface area (Å²) in [6.07, 6.45) is 3.55. The first-order chi connectivity index (χ1) is 13.0. The maximum absolute atomic E-state index is 13.1. The van der Waals surface area contributed by atoms with Gasteiger partial charge in [0.25, 0.3) is 17.1 Å². The number of aryl methyl sites for hydroxylation is 1. The van der Waals surface area contributed by atoms with Gasteiger partial charge in [-0.25, -0.2) is 4.57 Å². The minimum Gasteiger partial charge on any atom is -0.375 e. The minimum atomic E-state index is -0.343. The molecular weight excluding hydrogens is 346 g/mol. The number of nitrogens with zero attached hydrogens (tertiary/aromatic N) is 3. The van der Waals surface area contributed by atoms with E-state index in [1.165, 1.54) is 17.5 Å². The third-order valence-electron chi connectivity index (χ3n) is 5.06. The van der Waals surface area contributed by atoms with Crippen LogP contribution in [0.2, 0.25) is 0 Å². The van der Waals surface area contributed by atoms with Crippen molar-refractivity contribution in [1.29, 1.82) is 0 Å². The molecular formula is C19H22N5O3+. The maximum Gasteiger partial charge on any atom is 0.278 e. The van der Waals surface area contributed by atoms with Crippen LogP contribution in [-0.4, -0.2) is 35.1 Å². The van der Waals surface area contributed by atoms with E-state index in [1.807, 2.05) is 13.0 Å². The van der Waals surface area contributed by atoms with E-state index in [1.54, 1.807) is 16.8 Å². The van der Waals surface area contributed by atoms with Crippen LogP contribution in [0.25, 0.3) is 16.7 Å². The second kappa shape index (κ2) is 6.62. The van der Waals surface area contributed by atoms with E-state index in [-0.39, 0.29) is 29.0 Å². The first kappa shape index (κ1) is 17.4. The highest BCUT2D eigenvalue weighted by Crippen LogP contribution is 2.18. The molecule has 1 aliphatic rings. The fourth-order valence-electron chi connectivity index (χ4n) is 3.60. The van der Waals surface area contributed by atoms with E-state index in [9.17, 15) is 9.59 Å². The molecule has 1 aliphatic heterocycles. The zero-order valence-electron chi connectivity index (χ0n) is 15.4. The zero-order valence-corrected chi connectivity index (χ0v) is 15.4. The third-order valence-corrected chi connectivity index (χ3v) is 5.06. The van der Waals surface area contributed by atoms with Crippen molar-refractivity contribution in [2.24, 2.45) is 0 Å². The van der Waals surface area contributed by atoms with Crippen LogP contribution in [-0.2, 0) is 11.3 Å². The number of anilines is 1. The standard InChI is InChI=1S/C19H21N5O3/c1-11-5-3-7-23-16(11)22-17-14(19(23)26)9-13(18(25)21-2)15(20)24(17)10-12-6-4-8-27-12/h3,5,7,9,12,20H,4,6,8,10H2,1-2H3,(H,21,25)/p+1/t12-/m1/s1. The molecule has 1 amide bonds. The number of rotatable bonds is 3. The van der Waals surface area contributed by atoms with Crippen molar-refractivity contribution in [3.05, 3.63) is 45.9 Å². The number of nitrogen functional groups attached to an aromatic ring is 1. The summed E-state index contributed by atoms with van der Waals surface area (Å²) in [7, 11) is 1.53. The summed E-state index contributed by atoms with van der Waals surface area (Å²) < 4.78 is 8.98. The number of ether oxygens (including phenoxy) is 1. The molecule has 0 saturated carbocycles. The molecule has 4 rings (SSSR count). The predicted molar refractivity (Wildman–Crippen MR) is 101 cm³/mol. The Morgan fingerprint density at radius 1 is 1.52 bits per heavy atom. The van der Waals surface area contributed by atoms with Crippen molar-refractivity contribution in [2.75, 3.05) is 19.4 Å². The number of nitrogens with one attached hydrogen (secondary N) is 1. The molecule has 0 spiro atoms. The van der Waals surface area contributed by atoms with Crippen LogP contribution in [0.15, 0.2) is 29.2 Å². The van der Waals surface area contributed by atoms with Gasteiger partial charge < -0.3 is 15.8 Å². The van der Waals surface area contributed by atoms with Gasteiger partial charge in [0.05, 0.1) is 12.6 Å². The van der Waals surface area contributed by atoms with Crippen LogP contribution >= 0.6 is 0 Å². The Labute approximate surface area is 155 Å². The van der Waals surface area contributed by atoms with E-state index in [0.29, 0.717) is 29.8 Å². The number of aromatic nitrogens is 3. The molecule has 140 valence electrons. The molecule has 27 heavy (non-hydrogen) atoms. The summed E-state index contributed by atoms with van der Waals surface area (Å²) in [5.41, 5.74) is 8.28. The van der Waals surface area contributed by atoms with Crippen molar-refractivity contribution >= 4 is 28.4 Å². The smallest absolute Gasteiger partial charge is 0.278 e.